The average Bonchev–Trinajstić information content (AvgIpc) is 3.08. The van der Waals surface area contributed by atoms with E-state index in [-0.39, 0.29) is 11.8 Å². The second kappa shape index (κ2) is 16.7. The summed E-state index contributed by atoms with van der Waals surface area (Å²) in [6, 6.07) is 24.6. The molecule has 2 amide bonds. The van der Waals surface area contributed by atoms with Gasteiger partial charge in [0.25, 0.3) is 5.91 Å². The molecule has 0 unspecified atom stereocenters. The fourth-order valence-corrected chi connectivity index (χ4v) is 6.25. The summed E-state index contributed by atoms with van der Waals surface area (Å²) in [7, 11) is 4.16. The molecule has 0 saturated carbocycles. The van der Waals surface area contributed by atoms with Crippen LogP contribution < -0.4 is 10.1 Å². The van der Waals surface area contributed by atoms with Gasteiger partial charge in [-0.15, -0.1) is 0 Å². The van der Waals surface area contributed by atoms with E-state index < -0.39 is 0 Å². The first-order valence-electron chi connectivity index (χ1n) is 16.8. The Morgan fingerprint density at radius 2 is 1.33 bits per heavy atom. The van der Waals surface area contributed by atoms with Crippen molar-refractivity contribution in [3.05, 3.63) is 101 Å². The third-order valence-electron chi connectivity index (χ3n) is 9.16. The van der Waals surface area contributed by atoms with Crippen molar-refractivity contribution in [1.82, 2.24) is 24.9 Å². The van der Waals surface area contributed by atoms with Crippen molar-refractivity contribution in [3.8, 4) is 5.75 Å². The Hall–Kier alpha value is -3.72. The van der Waals surface area contributed by atoms with Gasteiger partial charge in [-0.25, -0.2) is 0 Å². The number of nitrogens with one attached hydrogen (secondary N) is 1. The SMILES string of the molecule is Cc1ccc(CNC(=O)c2ccc(CN3CCN(C(=O)C4CCN(Cc5ccc(OCCCN(C)C)cc5)CC4)CC3)cc2)cc1. The molecular formula is C38H51N5O3. The molecule has 0 atom stereocenters. The maximum atomic E-state index is 13.4. The van der Waals surface area contributed by atoms with Crippen molar-refractivity contribution in [3.63, 3.8) is 0 Å². The van der Waals surface area contributed by atoms with Crippen LogP contribution in [0.2, 0.25) is 0 Å². The normalized spacial score (nSPS) is 16.5. The first-order valence-corrected chi connectivity index (χ1v) is 16.8. The molecule has 246 valence electrons. The third kappa shape index (κ3) is 10.1. The monoisotopic (exact) mass is 625 g/mol. The van der Waals surface area contributed by atoms with E-state index in [1.807, 2.05) is 36.4 Å². The van der Waals surface area contributed by atoms with Crippen molar-refractivity contribution in [2.75, 3.05) is 66.5 Å². The van der Waals surface area contributed by atoms with Gasteiger partial charge in [0.15, 0.2) is 0 Å². The molecule has 2 fully saturated rings. The molecule has 5 rings (SSSR count). The summed E-state index contributed by atoms with van der Waals surface area (Å²) in [5.74, 6) is 1.33. The molecule has 0 bridgehead atoms. The Labute approximate surface area is 275 Å². The summed E-state index contributed by atoms with van der Waals surface area (Å²) < 4.78 is 5.87. The van der Waals surface area contributed by atoms with Crippen LogP contribution in [0.25, 0.3) is 0 Å². The summed E-state index contributed by atoms with van der Waals surface area (Å²) >= 11 is 0. The molecule has 2 saturated heterocycles. The number of aryl methyl sites for hydroxylation is 1. The predicted molar refractivity (Wildman–Crippen MR) is 184 cm³/mol. The minimum Gasteiger partial charge on any atom is -0.494 e. The first kappa shape index (κ1) is 33.6. The summed E-state index contributed by atoms with van der Waals surface area (Å²) in [6.45, 7) is 11.3. The minimum atomic E-state index is -0.0593. The zero-order valence-electron chi connectivity index (χ0n) is 27.9. The molecule has 8 heteroatoms. The molecule has 3 aromatic carbocycles. The number of piperidine rings is 1. The number of carbonyl (C=O) groups excluding carboxylic acids is 2. The van der Waals surface area contributed by atoms with Crippen LogP contribution in [-0.2, 0) is 24.4 Å². The molecule has 46 heavy (non-hydrogen) atoms. The van der Waals surface area contributed by atoms with Gasteiger partial charge in [0, 0.05) is 63.8 Å². The smallest absolute Gasteiger partial charge is 0.251 e. The van der Waals surface area contributed by atoms with Crippen molar-refractivity contribution in [2.45, 2.75) is 45.8 Å². The fraction of sp³-hybridized carbons (Fsp3) is 0.474. The Kier molecular flexibility index (Phi) is 12.2. The van der Waals surface area contributed by atoms with Crippen LogP contribution in [0, 0.1) is 12.8 Å². The Morgan fingerprint density at radius 1 is 0.761 bits per heavy atom. The van der Waals surface area contributed by atoms with Gasteiger partial charge in [-0.2, -0.15) is 0 Å². The number of piperazine rings is 1. The van der Waals surface area contributed by atoms with Gasteiger partial charge in [0.2, 0.25) is 5.91 Å². The van der Waals surface area contributed by atoms with Crippen molar-refractivity contribution in [1.29, 1.82) is 0 Å². The molecule has 3 aromatic rings. The summed E-state index contributed by atoms with van der Waals surface area (Å²) in [5, 5.41) is 3.01. The molecule has 2 aliphatic heterocycles. The van der Waals surface area contributed by atoms with Crippen LogP contribution in [0.5, 0.6) is 5.75 Å². The molecular weight excluding hydrogens is 574 g/mol. The predicted octanol–water partition coefficient (Wildman–Crippen LogP) is 4.81. The van der Waals surface area contributed by atoms with Crippen LogP contribution in [-0.4, -0.2) is 97.9 Å². The standard InChI is InChI=1S/C38H51N5O3/c1-30-5-7-31(8-6-30)27-39-37(44)34-13-9-32(10-14-34)29-42-22-24-43(25-23-42)38(45)35-17-20-41(21-18-35)28-33-11-15-36(16-12-33)46-26-4-19-40(2)3/h5-16,35H,4,17-29H2,1-3H3,(H,39,44). The van der Waals surface area contributed by atoms with E-state index in [4.69, 9.17) is 4.74 Å². The lowest BCUT2D eigenvalue weighted by atomic mass is 9.94. The molecule has 0 aliphatic carbocycles. The van der Waals surface area contributed by atoms with Crippen molar-refractivity contribution < 1.29 is 14.3 Å². The number of hydrogen-bond acceptors (Lipinski definition) is 6. The van der Waals surface area contributed by atoms with E-state index in [0.717, 1.165) is 96.1 Å². The molecule has 1 N–H and O–H groups in total. The maximum Gasteiger partial charge on any atom is 0.251 e. The number of ether oxygens (including phenoxy) is 1. The van der Waals surface area contributed by atoms with E-state index in [0.29, 0.717) is 18.0 Å². The molecule has 0 aromatic heterocycles. The Balaban J connectivity index is 0.978. The van der Waals surface area contributed by atoms with Crippen molar-refractivity contribution in [2.24, 2.45) is 5.92 Å². The van der Waals surface area contributed by atoms with Gasteiger partial charge in [-0.1, -0.05) is 54.1 Å². The van der Waals surface area contributed by atoms with Gasteiger partial charge in [-0.3, -0.25) is 19.4 Å². The molecule has 0 radical (unpaired) electrons. The fourth-order valence-electron chi connectivity index (χ4n) is 6.25. The zero-order chi connectivity index (χ0) is 32.3. The first-order chi connectivity index (χ1) is 22.3. The number of likely N-dealkylation sites (tertiary alicyclic amines) is 1. The third-order valence-corrected chi connectivity index (χ3v) is 9.16. The topological polar surface area (TPSA) is 68.4 Å². The Bertz CT molecular complexity index is 1380. The van der Waals surface area contributed by atoms with Crippen LogP contribution in [0.1, 0.15) is 51.9 Å². The van der Waals surface area contributed by atoms with E-state index >= 15 is 0 Å². The minimum absolute atomic E-state index is 0.0593. The van der Waals surface area contributed by atoms with E-state index in [1.165, 1.54) is 16.7 Å². The van der Waals surface area contributed by atoms with Gasteiger partial charge in [0.05, 0.1) is 6.61 Å². The highest BCUT2D eigenvalue weighted by atomic mass is 16.5. The maximum absolute atomic E-state index is 13.4. The van der Waals surface area contributed by atoms with Gasteiger partial charge >= 0.3 is 0 Å². The second-order valence-electron chi connectivity index (χ2n) is 13.2. The number of benzene rings is 3. The lowest BCUT2D eigenvalue weighted by Gasteiger charge is -2.38. The summed E-state index contributed by atoms with van der Waals surface area (Å²) in [5.41, 5.74) is 5.45. The number of nitrogens with zero attached hydrogens (tertiary/aromatic N) is 4. The van der Waals surface area contributed by atoms with Crippen LogP contribution in [0.4, 0.5) is 0 Å². The lowest BCUT2D eigenvalue weighted by molar-refractivity contribution is -0.139. The van der Waals surface area contributed by atoms with Crippen LogP contribution in [0.15, 0.2) is 72.8 Å². The highest BCUT2D eigenvalue weighted by Crippen LogP contribution is 2.23. The van der Waals surface area contributed by atoms with Gasteiger partial charge in [0.1, 0.15) is 5.75 Å². The quantitative estimate of drug-likeness (QED) is 0.275. The number of amides is 2. The summed E-state index contributed by atoms with van der Waals surface area (Å²) in [4.78, 5) is 35.1. The van der Waals surface area contributed by atoms with E-state index in [9.17, 15) is 9.59 Å². The number of carbonyl (C=O) groups is 2. The van der Waals surface area contributed by atoms with Gasteiger partial charge < -0.3 is 19.9 Å². The molecule has 2 heterocycles. The van der Waals surface area contributed by atoms with Crippen LogP contribution in [0.3, 0.4) is 0 Å². The average molecular weight is 626 g/mol. The molecule has 0 spiro atoms. The zero-order valence-corrected chi connectivity index (χ0v) is 27.9. The highest BCUT2D eigenvalue weighted by Gasteiger charge is 2.30. The summed E-state index contributed by atoms with van der Waals surface area (Å²) in [6.07, 6.45) is 2.87. The van der Waals surface area contributed by atoms with E-state index in [1.54, 1.807) is 0 Å². The lowest BCUT2D eigenvalue weighted by Crippen LogP contribution is -2.51. The number of rotatable bonds is 13. The number of hydrogen-bond donors (Lipinski definition) is 1. The molecule has 8 nitrogen and oxygen atoms in total. The van der Waals surface area contributed by atoms with Crippen LogP contribution >= 0.6 is 0 Å². The van der Waals surface area contributed by atoms with Crippen molar-refractivity contribution >= 4 is 11.8 Å². The second-order valence-corrected chi connectivity index (χ2v) is 13.2. The Morgan fingerprint density at radius 3 is 1.93 bits per heavy atom. The van der Waals surface area contributed by atoms with E-state index in [2.05, 4.69) is 82.3 Å². The van der Waals surface area contributed by atoms with Gasteiger partial charge in [-0.05, 0) is 94.3 Å². The largest absolute Gasteiger partial charge is 0.494 e. The highest BCUT2D eigenvalue weighted by molar-refractivity contribution is 5.94. The molecule has 2 aliphatic rings.